The molecule has 3 aromatic carbocycles. The van der Waals surface area contributed by atoms with E-state index in [1.54, 1.807) is 73.8 Å². The molecule has 1 aliphatic rings. The van der Waals surface area contributed by atoms with Crippen LogP contribution in [-0.4, -0.2) is 47.2 Å². The Morgan fingerprint density at radius 3 is 2.39 bits per heavy atom. The first kappa shape index (κ1) is 22.5. The zero-order chi connectivity index (χ0) is 23.3. The molecule has 1 atom stereocenters. The maximum Gasteiger partial charge on any atom is 0.264 e. The van der Waals surface area contributed by atoms with Crippen LogP contribution in [-0.2, 0) is 14.8 Å². The first-order chi connectivity index (χ1) is 16.0. The third-order valence-corrected chi connectivity index (χ3v) is 6.88. The third kappa shape index (κ3) is 5.04. The number of carbonyl (C=O) groups is 1. The summed E-state index contributed by atoms with van der Waals surface area (Å²) in [5.74, 6) is 1.28. The lowest BCUT2D eigenvalue weighted by atomic mass is 10.2. The summed E-state index contributed by atoms with van der Waals surface area (Å²) in [6.45, 7) is 0.338. The van der Waals surface area contributed by atoms with Gasteiger partial charge in [-0.05, 0) is 48.5 Å². The fraction of sp³-hybridized carbons (Fsp3) is 0.208. The van der Waals surface area contributed by atoms with Crippen molar-refractivity contribution in [3.63, 3.8) is 0 Å². The van der Waals surface area contributed by atoms with E-state index in [1.165, 1.54) is 16.4 Å². The Kier molecular flexibility index (Phi) is 6.69. The van der Waals surface area contributed by atoms with Crippen molar-refractivity contribution in [1.29, 1.82) is 0 Å². The Labute approximate surface area is 192 Å². The van der Waals surface area contributed by atoms with Crippen LogP contribution in [0.25, 0.3) is 0 Å². The molecule has 0 saturated carbocycles. The van der Waals surface area contributed by atoms with E-state index in [9.17, 15) is 13.2 Å². The van der Waals surface area contributed by atoms with Crippen LogP contribution in [0, 0.1) is 0 Å². The fourth-order valence-corrected chi connectivity index (χ4v) is 4.91. The second-order valence-corrected chi connectivity index (χ2v) is 9.10. The molecule has 1 unspecified atom stereocenters. The standard InChI is InChI=1S/C24H24N2O6S/c1-30-18-11-13-19(14-12-18)31-16-15-25-24(27)23-17-26(21-9-5-6-10-22(21)32-23)33(28,29)20-7-3-2-4-8-20/h2-14,23H,15-17H2,1H3,(H,25,27). The van der Waals surface area contributed by atoms with Crippen molar-refractivity contribution in [3.05, 3.63) is 78.9 Å². The molecule has 33 heavy (non-hydrogen) atoms. The van der Waals surface area contributed by atoms with Gasteiger partial charge in [0.05, 0.1) is 30.8 Å². The molecule has 0 bridgehead atoms. The van der Waals surface area contributed by atoms with Crippen LogP contribution in [0.2, 0.25) is 0 Å². The number of carbonyl (C=O) groups excluding carboxylic acids is 1. The smallest absolute Gasteiger partial charge is 0.264 e. The normalized spacial score (nSPS) is 15.2. The minimum absolute atomic E-state index is 0.139. The van der Waals surface area contributed by atoms with Gasteiger partial charge < -0.3 is 19.5 Å². The van der Waals surface area contributed by atoms with Gasteiger partial charge >= 0.3 is 0 Å². The van der Waals surface area contributed by atoms with Gasteiger partial charge in [-0.2, -0.15) is 0 Å². The molecule has 0 radical (unpaired) electrons. The molecule has 0 aromatic heterocycles. The number of rotatable bonds is 8. The summed E-state index contributed by atoms with van der Waals surface area (Å²) in [6.07, 6.45) is -1.00. The molecule has 1 N–H and O–H groups in total. The number of anilines is 1. The maximum atomic E-state index is 13.3. The van der Waals surface area contributed by atoms with E-state index in [0.29, 0.717) is 17.2 Å². The van der Waals surface area contributed by atoms with Crippen molar-refractivity contribution in [3.8, 4) is 17.2 Å². The third-order valence-electron chi connectivity index (χ3n) is 5.09. The van der Waals surface area contributed by atoms with E-state index in [4.69, 9.17) is 14.2 Å². The molecule has 0 saturated heterocycles. The minimum atomic E-state index is -3.87. The van der Waals surface area contributed by atoms with Gasteiger partial charge in [-0.25, -0.2) is 8.42 Å². The van der Waals surface area contributed by atoms with E-state index in [0.717, 1.165) is 5.75 Å². The molecule has 8 nitrogen and oxygen atoms in total. The number of sulfonamides is 1. The minimum Gasteiger partial charge on any atom is -0.497 e. The van der Waals surface area contributed by atoms with Gasteiger partial charge in [0, 0.05) is 0 Å². The largest absolute Gasteiger partial charge is 0.497 e. The molecule has 1 amide bonds. The number of benzene rings is 3. The number of para-hydroxylation sites is 2. The van der Waals surface area contributed by atoms with Gasteiger partial charge in [-0.15, -0.1) is 0 Å². The lowest BCUT2D eigenvalue weighted by Gasteiger charge is -2.34. The molecule has 4 rings (SSSR count). The number of nitrogens with zero attached hydrogens (tertiary/aromatic N) is 1. The lowest BCUT2D eigenvalue weighted by molar-refractivity contribution is -0.127. The van der Waals surface area contributed by atoms with Crippen molar-refractivity contribution in [2.24, 2.45) is 0 Å². The SMILES string of the molecule is COc1ccc(OCCNC(=O)C2CN(S(=O)(=O)c3ccccc3)c3ccccc3O2)cc1. The highest BCUT2D eigenvalue weighted by molar-refractivity contribution is 7.92. The van der Waals surface area contributed by atoms with E-state index in [2.05, 4.69) is 5.32 Å². The highest BCUT2D eigenvalue weighted by atomic mass is 32.2. The molecule has 0 aliphatic carbocycles. The summed E-state index contributed by atoms with van der Waals surface area (Å²) in [5, 5.41) is 2.75. The van der Waals surface area contributed by atoms with Crippen LogP contribution in [0.15, 0.2) is 83.8 Å². The zero-order valence-electron chi connectivity index (χ0n) is 18.0. The number of fused-ring (bicyclic) bond motifs is 1. The van der Waals surface area contributed by atoms with Gasteiger partial charge in [-0.3, -0.25) is 9.10 Å². The Hall–Kier alpha value is -3.72. The molecule has 0 spiro atoms. The second kappa shape index (κ2) is 9.83. The van der Waals surface area contributed by atoms with Crippen LogP contribution in [0.4, 0.5) is 5.69 Å². The predicted octanol–water partition coefficient (Wildman–Crippen LogP) is 2.85. The van der Waals surface area contributed by atoms with Gasteiger partial charge in [-0.1, -0.05) is 30.3 Å². The number of hydrogen-bond donors (Lipinski definition) is 1. The average molecular weight is 469 g/mol. The summed E-state index contributed by atoms with van der Waals surface area (Å²) in [4.78, 5) is 12.9. The Morgan fingerprint density at radius 1 is 1.00 bits per heavy atom. The number of hydrogen-bond acceptors (Lipinski definition) is 6. The maximum absolute atomic E-state index is 13.3. The topological polar surface area (TPSA) is 94.2 Å². The summed E-state index contributed by atoms with van der Waals surface area (Å²) in [7, 11) is -2.28. The molecule has 3 aromatic rings. The summed E-state index contributed by atoms with van der Waals surface area (Å²) >= 11 is 0. The van der Waals surface area contributed by atoms with E-state index < -0.39 is 22.0 Å². The van der Waals surface area contributed by atoms with Crippen molar-refractivity contribution in [2.45, 2.75) is 11.0 Å². The lowest BCUT2D eigenvalue weighted by Crippen LogP contribution is -2.51. The highest BCUT2D eigenvalue weighted by Crippen LogP contribution is 2.36. The van der Waals surface area contributed by atoms with Crippen LogP contribution in [0.3, 0.4) is 0 Å². The van der Waals surface area contributed by atoms with E-state index in [1.807, 2.05) is 0 Å². The van der Waals surface area contributed by atoms with Crippen molar-refractivity contribution >= 4 is 21.6 Å². The van der Waals surface area contributed by atoms with Gasteiger partial charge in [0.2, 0.25) is 0 Å². The van der Waals surface area contributed by atoms with Crippen LogP contribution >= 0.6 is 0 Å². The van der Waals surface area contributed by atoms with E-state index in [-0.39, 0.29) is 24.6 Å². The Morgan fingerprint density at radius 2 is 1.67 bits per heavy atom. The van der Waals surface area contributed by atoms with Crippen molar-refractivity contribution in [1.82, 2.24) is 5.32 Å². The van der Waals surface area contributed by atoms with Crippen molar-refractivity contribution < 1.29 is 27.4 Å². The Balaban J connectivity index is 1.42. The number of nitrogens with one attached hydrogen (secondary N) is 1. The molecule has 172 valence electrons. The molecule has 0 fully saturated rings. The Bertz CT molecular complexity index is 1200. The van der Waals surface area contributed by atoms with Gasteiger partial charge in [0.1, 0.15) is 23.9 Å². The molecule has 1 aliphatic heterocycles. The first-order valence-electron chi connectivity index (χ1n) is 10.4. The zero-order valence-corrected chi connectivity index (χ0v) is 18.8. The van der Waals surface area contributed by atoms with Crippen LogP contribution in [0.1, 0.15) is 0 Å². The van der Waals surface area contributed by atoms with Crippen molar-refractivity contribution in [2.75, 3.05) is 31.1 Å². The highest BCUT2D eigenvalue weighted by Gasteiger charge is 2.37. The average Bonchev–Trinajstić information content (AvgIpc) is 2.86. The summed E-state index contributed by atoms with van der Waals surface area (Å²) < 4.78 is 44.3. The van der Waals surface area contributed by atoms with Gasteiger partial charge in [0.15, 0.2) is 6.10 Å². The summed E-state index contributed by atoms with van der Waals surface area (Å²) in [5.41, 5.74) is 0.397. The summed E-state index contributed by atoms with van der Waals surface area (Å²) in [6, 6.07) is 22.0. The number of ether oxygens (including phenoxy) is 3. The monoisotopic (exact) mass is 468 g/mol. The quantitative estimate of drug-likeness (QED) is 0.511. The van der Waals surface area contributed by atoms with Gasteiger partial charge in [0.25, 0.3) is 15.9 Å². The number of amides is 1. The second-order valence-electron chi connectivity index (χ2n) is 7.24. The molecule has 1 heterocycles. The first-order valence-corrected chi connectivity index (χ1v) is 11.8. The molecular formula is C24H24N2O6S. The molecule has 9 heteroatoms. The predicted molar refractivity (Wildman–Crippen MR) is 123 cm³/mol. The van der Waals surface area contributed by atoms with Crippen LogP contribution < -0.4 is 23.8 Å². The number of methoxy groups -OCH3 is 1. The van der Waals surface area contributed by atoms with Crippen LogP contribution in [0.5, 0.6) is 17.2 Å². The fourth-order valence-electron chi connectivity index (χ4n) is 3.41. The molecular weight excluding hydrogens is 444 g/mol. The van der Waals surface area contributed by atoms with E-state index >= 15 is 0 Å².